The van der Waals surface area contributed by atoms with E-state index in [-0.39, 0.29) is 23.6 Å². The smallest absolute Gasteiger partial charge is 0.251 e. The number of rotatable bonds is 2. The molecule has 0 radical (unpaired) electrons. The van der Waals surface area contributed by atoms with Gasteiger partial charge < -0.3 is 10.6 Å². The largest absolute Gasteiger partial charge is 0.325 e. The van der Waals surface area contributed by atoms with Crippen LogP contribution in [0.25, 0.3) is 0 Å². The van der Waals surface area contributed by atoms with Gasteiger partial charge in [-0.3, -0.25) is 19.3 Å². The molecule has 35 heavy (non-hydrogen) atoms. The van der Waals surface area contributed by atoms with Crippen molar-refractivity contribution in [1.82, 2.24) is 4.90 Å². The number of ketones is 1. The van der Waals surface area contributed by atoms with E-state index in [1.165, 1.54) is 0 Å². The summed E-state index contributed by atoms with van der Waals surface area (Å²) in [4.78, 5) is 45.1. The first-order valence-electron chi connectivity index (χ1n) is 11.9. The molecule has 0 aromatic heterocycles. The molecule has 2 saturated heterocycles. The van der Waals surface area contributed by atoms with Gasteiger partial charge in [0.05, 0.1) is 5.92 Å². The first kappa shape index (κ1) is 20.9. The fourth-order valence-electron chi connectivity index (χ4n) is 7.33. The number of benzene rings is 3. The number of carbonyl (C=O) groups excluding carboxylic acids is 3. The number of anilines is 2. The van der Waals surface area contributed by atoms with Crippen LogP contribution in [0.15, 0.2) is 72.8 Å². The summed E-state index contributed by atoms with van der Waals surface area (Å²) in [6, 6.07) is 21.6. The molecule has 4 aliphatic heterocycles. The minimum Gasteiger partial charge on any atom is -0.325 e. The zero-order chi connectivity index (χ0) is 23.9. The van der Waals surface area contributed by atoms with Crippen molar-refractivity contribution in [2.75, 3.05) is 17.2 Å². The van der Waals surface area contributed by atoms with Gasteiger partial charge in [-0.15, -0.1) is 0 Å². The molecule has 0 aliphatic carbocycles. The SMILES string of the molecule is O=C(c1ccccc1)[C@@H]1[C@H]2CCCN2[C@]2(C(=O)Nc3ccc(Cl)cc32)[C@@]12C(=O)Nc1ccccc12. The number of nitrogens with one attached hydrogen (secondary N) is 2. The van der Waals surface area contributed by atoms with Gasteiger partial charge in [0.25, 0.3) is 5.91 Å². The Bertz CT molecular complexity index is 1440. The van der Waals surface area contributed by atoms with Crippen molar-refractivity contribution in [3.63, 3.8) is 0 Å². The predicted molar refractivity (Wildman–Crippen MR) is 132 cm³/mol. The van der Waals surface area contributed by atoms with E-state index in [1.54, 1.807) is 30.3 Å². The average molecular weight is 484 g/mol. The molecule has 3 aromatic rings. The molecule has 2 amide bonds. The first-order valence-corrected chi connectivity index (χ1v) is 12.3. The molecule has 174 valence electrons. The molecule has 0 saturated carbocycles. The van der Waals surface area contributed by atoms with Gasteiger partial charge in [-0.2, -0.15) is 0 Å². The highest BCUT2D eigenvalue weighted by Gasteiger charge is 2.81. The van der Waals surface area contributed by atoms with Gasteiger partial charge in [-0.1, -0.05) is 60.1 Å². The molecule has 2 N–H and O–H groups in total. The number of nitrogens with zero attached hydrogens (tertiary/aromatic N) is 1. The molecule has 4 aliphatic rings. The molecule has 0 bridgehead atoms. The summed E-state index contributed by atoms with van der Waals surface area (Å²) in [5.41, 5.74) is 0.347. The minimum atomic E-state index is -1.44. The Labute approximate surface area is 207 Å². The van der Waals surface area contributed by atoms with Crippen LogP contribution < -0.4 is 10.6 Å². The van der Waals surface area contributed by atoms with Gasteiger partial charge in [-0.05, 0) is 49.2 Å². The number of amides is 2. The second kappa shape index (κ2) is 7.03. The third kappa shape index (κ3) is 2.32. The summed E-state index contributed by atoms with van der Waals surface area (Å²) in [5, 5.41) is 6.56. The monoisotopic (exact) mass is 483 g/mol. The maximum Gasteiger partial charge on any atom is 0.251 e. The van der Waals surface area contributed by atoms with Crippen LogP contribution in [-0.2, 0) is 20.5 Å². The Kier molecular flexibility index (Phi) is 4.19. The van der Waals surface area contributed by atoms with E-state index in [2.05, 4.69) is 15.5 Å². The van der Waals surface area contributed by atoms with Gasteiger partial charge in [-0.25, -0.2) is 0 Å². The molecule has 4 atom stereocenters. The van der Waals surface area contributed by atoms with E-state index >= 15 is 0 Å². The molecule has 7 rings (SSSR count). The lowest BCUT2D eigenvalue weighted by Crippen LogP contribution is -2.62. The van der Waals surface area contributed by atoms with Gasteiger partial charge in [0.2, 0.25) is 5.91 Å². The topological polar surface area (TPSA) is 78.5 Å². The van der Waals surface area contributed by atoms with Crippen molar-refractivity contribution in [2.45, 2.75) is 29.8 Å². The second-order valence-electron chi connectivity index (χ2n) is 9.77. The van der Waals surface area contributed by atoms with Crippen molar-refractivity contribution in [3.8, 4) is 0 Å². The second-order valence-corrected chi connectivity index (χ2v) is 10.2. The molecular weight excluding hydrogens is 462 g/mol. The van der Waals surface area contributed by atoms with Crippen LogP contribution in [0.3, 0.4) is 0 Å². The molecule has 3 aromatic carbocycles. The highest BCUT2D eigenvalue weighted by molar-refractivity contribution is 6.31. The van der Waals surface area contributed by atoms with Crippen LogP contribution in [0.4, 0.5) is 11.4 Å². The number of carbonyl (C=O) groups is 3. The Morgan fingerprint density at radius 2 is 1.60 bits per heavy atom. The number of para-hydroxylation sites is 1. The lowest BCUT2D eigenvalue weighted by molar-refractivity contribution is -0.137. The predicted octanol–water partition coefficient (Wildman–Crippen LogP) is 4.35. The Morgan fingerprint density at radius 1 is 0.886 bits per heavy atom. The third-order valence-corrected chi connectivity index (χ3v) is 8.63. The normalized spacial score (nSPS) is 30.3. The highest BCUT2D eigenvalue weighted by Crippen LogP contribution is 2.67. The molecule has 6 nitrogen and oxygen atoms in total. The number of Topliss-reactive ketones (excluding diaryl/α,β-unsaturated/α-hetero) is 1. The van der Waals surface area contributed by atoms with Crippen molar-refractivity contribution in [3.05, 3.63) is 94.5 Å². The lowest BCUT2D eigenvalue weighted by Gasteiger charge is -2.43. The van der Waals surface area contributed by atoms with Crippen LogP contribution in [0.2, 0.25) is 5.02 Å². The quantitative estimate of drug-likeness (QED) is 0.531. The van der Waals surface area contributed by atoms with Crippen LogP contribution in [0, 0.1) is 5.92 Å². The zero-order valence-corrected chi connectivity index (χ0v) is 19.5. The molecule has 0 unspecified atom stereocenters. The van der Waals surface area contributed by atoms with Crippen molar-refractivity contribution >= 4 is 40.6 Å². The average Bonchev–Trinajstić information content (AvgIpc) is 3.58. The number of halogens is 1. The van der Waals surface area contributed by atoms with E-state index in [1.807, 2.05) is 42.5 Å². The van der Waals surface area contributed by atoms with E-state index in [9.17, 15) is 14.4 Å². The van der Waals surface area contributed by atoms with Crippen LogP contribution in [0.1, 0.15) is 34.3 Å². The Hall–Kier alpha value is -3.48. The maximum atomic E-state index is 14.4. The standard InChI is InChI=1S/C28H22ClN3O3/c29-17-12-13-21-19(15-17)28(26(35)31-21)27(18-9-4-5-10-20(18)30-25(27)34)23(22-11-6-14-32(22)28)24(33)16-7-2-1-3-8-16/h1-5,7-10,12-13,15,22-23H,6,11,14H2,(H,30,34)(H,31,35)/t22-,23+,27-,28-/m1/s1. The van der Waals surface area contributed by atoms with Gasteiger partial charge in [0.1, 0.15) is 11.0 Å². The minimum absolute atomic E-state index is 0.116. The number of hydrogen-bond acceptors (Lipinski definition) is 4. The summed E-state index contributed by atoms with van der Waals surface area (Å²) < 4.78 is 0. The van der Waals surface area contributed by atoms with Gasteiger partial charge >= 0.3 is 0 Å². The van der Waals surface area contributed by atoms with E-state index in [0.29, 0.717) is 39.6 Å². The van der Waals surface area contributed by atoms with E-state index in [4.69, 9.17) is 11.6 Å². The highest BCUT2D eigenvalue weighted by atomic mass is 35.5. The maximum absolute atomic E-state index is 14.4. The fourth-order valence-corrected chi connectivity index (χ4v) is 7.50. The molecule has 2 fully saturated rings. The van der Waals surface area contributed by atoms with Crippen molar-refractivity contribution < 1.29 is 14.4 Å². The van der Waals surface area contributed by atoms with E-state index < -0.39 is 16.9 Å². The van der Waals surface area contributed by atoms with Crippen LogP contribution in [0.5, 0.6) is 0 Å². The van der Waals surface area contributed by atoms with Crippen molar-refractivity contribution in [1.29, 1.82) is 0 Å². The summed E-state index contributed by atoms with van der Waals surface area (Å²) in [5.74, 6) is -1.46. The molecule has 7 heteroatoms. The number of fused-ring (bicyclic) bond motifs is 7. The summed E-state index contributed by atoms with van der Waals surface area (Å²) in [6.07, 6.45) is 1.57. The van der Waals surface area contributed by atoms with Crippen LogP contribution >= 0.6 is 11.6 Å². The van der Waals surface area contributed by atoms with Crippen LogP contribution in [-0.4, -0.2) is 35.1 Å². The molecule has 4 heterocycles. The van der Waals surface area contributed by atoms with E-state index in [0.717, 1.165) is 12.8 Å². The van der Waals surface area contributed by atoms with Gasteiger partial charge in [0.15, 0.2) is 5.78 Å². The molecule has 2 spiro atoms. The number of hydrogen-bond donors (Lipinski definition) is 2. The summed E-state index contributed by atoms with van der Waals surface area (Å²) in [7, 11) is 0. The van der Waals surface area contributed by atoms with Gasteiger partial charge in [0, 0.05) is 33.6 Å². The third-order valence-electron chi connectivity index (χ3n) is 8.40. The Morgan fingerprint density at radius 3 is 2.43 bits per heavy atom. The Balaban J connectivity index is 1.61. The lowest BCUT2D eigenvalue weighted by atomic mass is 9.57. The first-order chi connectivity index (χ1) is 17.0. The zero-order valence-electron chi connectivity index (χ0n) is 18.8. The summed E-state index contributed by atoms with van der Waals surface area (Å²) >= 11 is 6.48. The fraction of sp³-hybridized carbons (Fsp3) is 0.250. The van der Waals surface area contributed by atoms with Crippen molar-refractivity contribution in [2.24, 2.45) is 5.92 Å². The molecular formula is C28H22ClN3O3. The summed E-state index contributed by atoms with van der Waals surface area (Å²) in [6.45, 7) is 0.611.